The molecule has 2 amide bonds. The summed E-state index contributed by atoms with van der Waals surface area (Å²) in [6, 6.07) is 4.43. The van der Waals surface area contributed by atoms with Gasteiger partial charge in [0.2, 0.25) is 5.91 Å². The number of ketones is 1. The lowest BCUT2D eigenvalue weighted by Gasteiger charge is -2.18. The van der Waals surface area contributed by atoms with Crippen molar-refractivity contribution in [3.63, 3.8) is 0 Å². The fraction of sp³-hybridized carbons (Fsp3) is 0.357. The first-order valence-electron chi connectivity index (χ1n) is 6.50. The molecule has 7 nitrogen and oxygen atoms in total. The maximum absolute atomic E-state index is 11.6. The van der Waals surface area contributed by atoms with Gasteiger partial charge in [0, 0.05) is 13.5 Å². The molecule has 0 saturated carbocycles. The molecule has 0 aromatic heterocycles. The summed E-state index contributed by atoms with van der Waals surface area (Å²) in [5, 5.41) is 24.9. The van der Waals surface area contributed by atoms with Gasteiger partial charge in [-0.05, 0) is 24.1 Å². The van der Waals surface area contributed by atoms with Crippen molar-refractivity contribution in [2.24, 2.45) is 0 Å². The number of carbonyl (C=O) groups is 3. The molecule has 0 saturated heterocycles. The zero-order valence-corrected chi connectivity index (χ0v) is 11.4. The van der Waals surface area contributed by atoms with Gasteiger partial charge in [-0.25, -0.2) is 0 Å². The second-order valence-corrected chi connectivity index (χ2v) is 4.87. The van der Waals surface area contributed by atoms with Gasteiger partial charge in [-0.3, -0.25) is 14.4 Å². The molecule has 0 radical (unpaired) electrons. The van der Waals surface area contributed by atoms with Crippen LogP contribution in [0.2, 0.25) is 0 Å². The number of nitrogens with one attached hydrogen (secondary N) is 2. The van der Waals surface area contributed by atoms with E-state index in [2.05, 4.69) is 10.6 Å². The third-order valence-electron chi connectivity index (χ3n) is 3.26. The molecule has 0 aliphatic carbocycles. The van der Waals surface area contributed by atoms with Crippen molar-refractivity contribution >= 4 is 23.3 Å². The topological polar surface area (TPSA) is 116 Å². The van der Waals surface area contributed by atoms with Crippen LogP contribution >= 0.6 is 0 Å². The Morgan fingerprint density at radius 1 is 1.33 bits per heavy atom. The van der Waals surface area contributed by atoms with Crippen molar-refractivity contribution in [1.29, 1.82) is 0 Å². The summed E-state index contributed by atoms with van der Waals surface area (Å²) in [6.07, 6.45) is -2.12. The molecule has 112 valence electrons. The molecule has 1 aromatic rings. The number of fused-ring (bicyclic) bond motifs is 1. The third kappa shape index (κ3) is 3.26. The fourth-order valence-electron chi connectivity index (χ4n) is 2.12. The Balaban J connectivity index is 2.06. The molecule has 1 aliphatic rings. The van der Waals surface area contributed by atoms with E-state index in [1.54, 1.807) is 0 Å². The van der Waals surface area contributed by atoms with E-state index in [0.717, 1.165) is 0 Å². The van der Waals surface area contributed by atoms with Crippen LogP contribution in [0, 0.1) is 0 Å². The van der Waals surface area contributed by atoms with Crippen molar-refractivity contribution in [3.05, 3.63) is 29.3 Å². The van der Waals surface area contributed by atoms with Crippen LogP contribution in [0.15, 0.2) is 18.2 Å². The van der Waals surface area contributed by atoms with E-state index >= 15 is 0 Å². The van der Waals surface area contributed by atoms with Gasteiger partial charge >= 0.3 is 0 Å². The van der Waals surface area contributed by atoms with Crippen LogP contribution in [0.25, 0.3) is 0 Å². The Morgan fingerprint density at radius 3 is 2.71 bits per heavy atom. The van der Waals surface area contributed by atoms with Gasteiger partial charge in [0.1, 0.15) is 6.10 Å². The lowest BCUT2D eigenvalue weighted by atomic mass is 9.99. The first-order valence-corrected chi connectivity index (χ1v) is 6.50. The first kappa shape index (κ1) is 15.1. The summed E-state index contributed by atoms with van der Waals surface area (Å²) in [4.78, 5) is 33.6. The number of hydrogen-bond donors (Lipinski definition) is 4. The van der Waals surface area contributed by atoms with Gasteiger partial charge in [-0.1, -0.05) is 6.07 Å². The number of aliphatic hydroxyl groups is 2. The van der Waals surface area contributed by atoms with Gasteiger partial charge in [0.15, 0.2) is 0 Å². The zero-order chi connectivity index (χ0) is 15.6. The van der Waals surface area contributed by atoms with Crippen LogP contribution in [-0.2, 0) is 9.59 Å². The van der Waals surface area contributed by atoms with E-state index < -0.39 is 23.9 Å². The minimum atomic E-state index is -1.20. The number of anilines is 1. The monoisotopic (exact) mass is 292 g/mol. The quantitative estimate of drug-likeness (QED) is 0.558. The van der Waals surface area contributed by atoms with Crippen LogP contribution in [0.1, 0.15) is 35.4 Å². The number of benzene rings is 1. The minimum absolute atomic E-state index is 0.170. The Morgan fingerprint density at radius 2 is 2.05 bits per heavy atom. The predicted molar refractivity (Wildman–Crippen MR) is 73.7 cm³/mol. The molecule has 7 heteroatoms. The zero-order valence-electron chi connectivity index (χ0n) is 11.4. The Kier molecular flexibility index (Phi) is 4.35. The van der Waals surface area contributed by atoms with E-state index in [1.807, 2.05) is 0 Å². The Hall–Kier alpha value is -2.25. The molecule has 21 heavy (non-hydrogen) atoms. The smallest absolute Gasteiger partial charge is 0.296 e. The molecular formula is C14H16N2O5. The third-order valence-corrected chi connectivity index (χ3v) is 3.26. The molecule has 1 heterocycles. The molecule has 1 aliphatic heterocycles. The standard InChI is InChI=1S/C14H16N2O5/c1-7(17)15-5-4-11(18)12(19)8-2-3-10-9(6-8)13(20)14(21)16-10/h2-3,6,11-12,18-19H,4-5H2,1H3,(H,15,17)(H,16,20,21). The summed E-state index contributed by atoms with van der Waals surface area (Å²) < 4.78 is 0. The lowest BCUT2D eigenvalue weighted by Crippen LogP contribution is -2.27. The minimum Gasteiger partial charge on any atom is -0.390 e. The Bertz CT molecular complexity index is 599. The van der Waals surface area contributed by atoms with Gasteiger partial charge in [0.05, 0.1) is 17.4 Å². The summed E-state index contributed by atoms with van der Waals surface area (Å²) in [6.45, 7) is 1.59. The largest absolute Gasteiger partial charge is 0.390 e. The van der Waals surface area contributed by atoms with Crippen molar-refractivity contribution in [1.82, 2.24) is 5.32 Å². The molecule has 4 N–H and O–H groups in total. The van der Waals surface area contributed by atoms with Crippen molar-refractivity contribution in [3.8, 4) is 0 Å². The van der Waals surface area contributed by atoms with Gasteiger partial charge < -0.3 is 20.8 Å². The summed E-state index contributed by atoms with van der Waals surface area (Å²) in [5.41, 5.74) is 0.924. The molecule has 2 rings (SSSR count). The second-order valence-electron chi connectivity index (χ2n) is 4.87. The van der Waals surface area contributed by atoms with Gasteiger partial charge in [-0.15, -0.1) is 0 Å². The summed E-state index contributed by atoms with van der Waals surface area (Å²) in [5.74, 6) is -1.58. The van der Waals surface area contributed by atoms with E-state index in [1.165, 1.54) is 25.1 Å². The Labute approximate surface area is 121 Å². The average Bonchev–Trinajstić information content (AvgIpc) is 2.72. The van der Waals surface area contributed by atoms with Crippen molar-refractivity contribution in [2.75, 3.05) is 11.9 Å². The summed E-state index contributed by atoms with van der Waals surface area (Å²) in [7, 11) is 0. The highest BCUT2D eigenvalue weighted by atomic mass is 16.3. The van der Waals surface area contributed by atoms with Crippen LogP contribution in [0.3, 0.4) is 0 Å². The van der Waals surface area contributed by atoms with E-state index in [0.29, 0.717) is 11.3 Å². The highest BCUT2D eigenvalue weighted by Gasteiger charge is 2.29. The molecule has 2 atom stereocenters. The number of amides is 2. The van der Waals surface area contributed by atoms with E-state index in [4.69, 9.17) is 0 Å². The highest BCUT2D eigenvalue weighted by Crippen LogP contribution is 2.28. The highest BCUT2D eigenvalue weighted by molar-refractivity contribution is 6.51. The van der Waals surface area contributed by atoms with E-state index in [-0.39, 0.29) is 24.4 Å². The maximum Gasteiger partial charge on any atom is 0.296 e. The maximum atomic E-state index is 11.6. The average molecular weight is 292 g/mol. The molecule has 0 spiro atoms. The number of Topliss-reactive ketones (excluding diaryl/α,β-unsaturated/α-hetero) is 1. The number of hydrogen-bond acceptors (Lipinski definition) is 5. The van der Waals surface area contributed by atoms with Crippen LogP contribution in [-0.4, -0.2) is 40.5 Å². The van der Waals surface area contributed by atoms with E-state index in [9.17, 15) is 24.6 Å². The van der Waals surface area contributed by atoms with Crippen molar-refractivity contribution in [2.45, 2.75) is 25.6 Å². The van der Waals surface area contributed by atoms with Gasteiger partial charge in [0.25, 0.3) is 11.7 Å². The summed E-state index contributed by atoms with van der Waals surface area (Å²) >= 11 is 0. The lowest BCUT2D eigenvalue weighted by molar-refractivity contribution is -0.119. The number of rotatable bonds is 5. The first-order chi connectivity index (χ1) is 9.90. The van der Waals surface area contributed by atoms with Crippen LogP contribution in [0.4, 0.5) is 5.69 Å². The second kappa shape index (κ2) is 6.02. The van der Waals surface area contributed by atoms with Crippen LogP contribution in [0.5, 0.6) is 0 Å². The molecule has 1 aromatic carbocycles. The molecule has 0 fully saturated rings. The molecule has 0 bridgehead atoms. The van der Waals surface area contributed by atoms with Gasteiger partial charge in [-0.2, -0.15) is 0 Å². The number of aliphatic hydroxyl groups excluding tert-OH is 2. The fourth-order valence-corrected chi connectivity index (χ4v) is 2.12. The van der Waals surface area contributed by atoms with Crippen molar-refractivity contribution < 1.29 is 24.6 Å². The number of carbonyl (C=O) groups excluding carboxylic acids is 3. The molecule has 2 unspecified atom stereocenters. The molecular weight excluding hydrogens is 276 g/mol. The van der Waals surface area contributed by atoms with Crippen LogP contribution < -0.4 is 10.6 Å². The normalized spacial score (nSPS) is 16.1. The SMILES string of the molecule is CC(=O)NCCC(O)C(O)c1ccc2c(c1)C(=O)C(=O)N2. The predicted octanol–water partition coefficient (Wildman–Crippen LogP) is -0.258.